The van der Waals surface area contributed by atoms with Crippen LogP contribution >= 0.6 is 0 Å². The van der Waals surface area contributed by atoms with Crippen LogP contribution in [0.15, 0.2) is 79.0 Å². The number of benzene rings is 3. The maximum Gasteiger partial charge on any atom is 0.328 e. The topological polar surface area (TPSA) is 89.8 Å². The second-order valence-corrected chi connectivity index (χ2v) is 8.51. The quantitative estimate of drug-likeness (QED) is 0.269. The highest BCUT2D eigenvalue weighted by Crippen LogP contribution is 2.46. The molecule has 0 atom stereocenters. The average molecular weight is 446 g/mol. The van der Waals surface area contributed by atoms with Crippen molar-refractivity contribution >= 4 is 34.1 Å². The number of rotatable bonds is 6. The molecule has 1 saturated carbocycles. The Morgan fingerprint density at radius 3 is 2.44 bits per heavy atom. The van der Waals surface area contributed by atoms with E-state index in [0.717, 1.165) is 57.6 Å². The second kappa shape index (κ2) is 9.21. The highest BCUT2D eigenvalue weighted by Gasteiger charge is 2.28. The predicted octanol–water partition coefficient (Wildman–Crippen LogP) is 6.29. The van der Waals surface area contributed by atoms with Gasteiger partial charge in [-0.05, 0) is 58.7 Å². The van der Waals surface area contributed by atoms with Crippen molar-refractivity contribution in [2.24, 2.45) is 5.92 Å². The van der Waals surface area contributed by atoms with Crippen LogP contribution in [-0.4, -0.2) is 21.3 Å². The molecule has 0 spiro atoms. The normalized spacial score (nSPS) is 14.6. The minimum Gasteiger partial charge on any atom is -0.478 e. The highest BCUT2D eigenvalue weighted by atomic mass is 16.4. The lowest BCUT2D eigenvalue weighted by atomic mass is 9.72. The number of aliphatic carboxylic acids is 1. The number of carboxylic acid groups (broad SMARTS) is 1. The standard InChI is InChI=1S/C29H23N3O2/c30-17-24-23(14-15-26-25(24)18-31-32-26)29(22-12-9-19(10-13-22)11-16-27(33)34)28(21-7-4-8-21)20-5-2-1-3-6-20/h1-3,5-6,9-16,18,21H,4,7-8H2,(H,31,32)(H,33,34)/b16-11+,29-28?. The third kappa shape index (κ3) is 4.02. The number of fused-ring (bicyclic) bond motifs is 1. The molecule has 0 unspecified atom stereocenters. The first-order valence-corrected chi connectivity index (χ1v) is 11.3. The van der Waals surface area contributed by atoms with Gasteiger partial charge < -0.3 is 5.11 Å². The van der Waals surface area contributed by atoms with E-state index in [1.54, 1.807) is 12.3 Å². The molecule has 1 aliphatic rings. The fourth-order valence-corrected chi connectivity index (χ4v) is 4.63. The van der Waals surface area contributed by atoms with E-state index < -0.39 is 5.97 Å². The second-order valence-electron chi connectivity index (χ2n) is 8.51. The molecule has 1 heterocycles. The molecule has 1 aliphatic carbocycles. The van der Waals surface area contributed by atoms with E-state index in [9.17, 15) is 10.1 Å². The molecule has 4 aromatic rings. The zero-order chi connectivity index (χ0) is 23.5. The summed E-state index contributed by atoms with van der Waals surface area (Å²) in [5, 5.41) is 27.0. The van der Waals surface area contributed by atoms with Gasteiger partial charge in [-0.25, -0.2) is 4.79 Å². The van der Waals surface area contributed by atoms with Gasteiger partial charge in [0.25, 0.3) is 0 Å². The summed E-state index contributed by atoms with van der Waals surface area (Å²) in [6.07, 6.45) is 7.85. The molecule has 1 fully saturated rings. The number of nitriles is 1. The van der Waals surface area contributed by atoms with E-state index in [1.807, 2.05) is 42.5 Å². The van der Waals surface area contributed by atoms with E-state index in [2.05, 4.69) is 40.5 Å². The molecule has 2 N–H and O–H groups in total. The van der Waals surface area contributed by atoms with Crippen molar-refractivity contribution in [3.63, 3.8) is 0 Å². The van der Waals surface area contributed by atoms with Crippen molar-refractivity contribution < 1.29 is 9.90 Å². The number of aromatic nitrogens is 2. The van der Waals surface area contributed by atoms with Crippen LogP contribution in [0.4, 0.5) is 0 Å². The van der Waals surface area contributed by atoms with E-state index in [-0.39, 0.29) is 0 Å². The first-order valence-electron chi connectivity index (χ1n) is 11.3. The summed E-state index contributed by atoms with van der Waals surface area (Å²) in [7, 11) is 0. The van der Waals surface area contributed by atoms with Crippen molar-refractivity contribution in [3.8, 4) is 6.07 Å². The minimum atomic E-state index is -0.979. The summed E-state index contributed by atoms with van der Waals surface area (Å²) in [5.41, 5.74) is 7.58. The Balaban J connectivity index is 1.78. The lowest BCUT2D eigenvalue weighted by Gasteiger charge is -2.32. The van der Waals surface area contributed by atoms with Gasteiger partial charge in [0.05, 0.1) is 17.3 Å². The summed E-state index contributed by atoms with van der Waals surface area (Å²) in [4.78, 5) is 10.9. The largest absolute Gasteiger partial charge is 0.478 e. The molecule has 0 saturated heterocycles. The summed E-state index contributed by atoms with van der Waals surface area (Å²) in [6.45, 7) is 0. The molecule has 166 valence electrons. The van der Waals surface area contributed by atoms with Crippen molar-refractivity contribution in [2.75, 3.05) is 0 Å². The SMILES string of the molecule is N#Cc1c(C(=C(c2ccccc2)C2CCC2)c2ccc(/C=C/C(=O)O)cc2)ccc2[nH]ncc12. The summed E-state index contributed by atoms with van der Waals surface area (Å²) >= 11 is 0. The zero-order valence-corrected chi connectivity index (χ0v) is 18.5. The summed E-state index contributed by atoms with van der Waals surface area (Å²) in [5.74, 6) is -0.566. The third-order valence-corrected chi connectivity index (χ3v) is 6.49. The van der Waals surface area contributed by atoms with Gasteiger partial charge in [-0.3, -0.25) is 5.10 Å². The van der Waals surface area contributed by atoms with Gasteiger partial charge in [0.15, 0.2) is 0 Å². The molecular formula is C29H23N3O2. The Morgan fingerprint density at radius 1 is 1.03 bits per heavy atom. The van der Waals surface area contributed by atoms with Gasteiger partial charge >= 0.3 is 5.97 Å². The highest BCUT2D eigenvalue weighted by molar-refractivity contribution is 6.03. The molecule has 0 radical (unpaired) electrons. The number of carboxylic acids is 1. The zero-order valence-electron chi connectivity index (χ0n) is 18.5. The Morgan fingerprint density at radius 2 is 1.79 bits per heavy atom. The Labute approximate surface area is 197 Å². The molecule has 0 amide bonds. The van der Waals surface area contributed by atoms with Gasteiger partial charge in [-0.2, -0.15) is 10.4 Å². The molecule has 5 heteroatoms. The van der Waals surface area contributed by atoms with Gasteiger partial charge in [-0.1, -0.05) is 67.1 Å². The fourth-order valence-electron chi connectivity index (χ4n) is 4.63. The predicted molar refractivity (Wildman–Crippen MR) is 134 cm³/mol. The summed E-state index contributed by atoms with van der Waals surface area (Å²) in [6, 6.07) is 24.7. The molecule has 1 aromatic heterocycles. The van der Waals surface area contributed by atoms with E-state index in [1.165, 1.54) is 12.0 Å². The first-order chi connectivity index (χ1) is 16.7. The number of hydrogen-bond acceptors (Lipinski definition) is 3. The first kappa shape index (κ1) is 21.4. The molecule has 0 bridgehead atoms. The minimum absolute atomic E-state index is 0.413. The number of allylic oxidation sites excluding steroid dienone is 1. The van der Waals surface area contributed by atoms with Gasteiger partial charge in [0.1, 0.15) is 6.07 Å². The van der Waals surface area contributed by atoms with E-state index in [4.69, 9.17) is 5.11 Å². The van der Waals surface area contributed by atoms with Crippen molar-refractivity contribution in [1.29, 1.82) is 5.26 Å². The van der Waals surface area contributed by atoms with Crippen molar-refractivity contribution in [2.45, 2.75) is 19.3 Å². The lowest BCUT2D eigenvalue weighted by Crippen LogP contribution is -2.15. The maximum absolute atomic E-state index is 10.9. The third-order valence-electron chi connectivity index (χ3n) is 6.49. The lowest BCUT2D eigenvalue weighted by molar-refractivity contribution is -0.131. The fraction of sp³-hybridized carbons (Fsp3) is 0.138. The van der Waals surface area contributed by atoms with Crippen LogP contribution in [0, 0.1) is 17.2 Å². The number of aromatic amines is 1. The monoisotopic (exact) mass is 445 g/mol. The van der Waals surface area contributed by atoms with Crippen molar-refractivity contribution in [3.05, 3.63) is 107 Å². The van der Waals surface area contributed by atoms with Gasteiger partial charge in [-0.15, -0.1) is 0 Å². The van der Waals surface area contributed by atoms with Crippen molar-refractivity contribution in [1.82, 2.24) is 10.2 Å². The van der Waals surface area contributed by atoms with Crippen LogP contribution in [0.1, 0.15) is 47.1 Å². The molecule has 34 heavy (non-hydrogen) atoms. The Bertz CT molecular complexity index is 1450. The number of H-pyrrole nitrogens is 1. The van der Waals surface area contributed by atoms with Gasteiger partial charge in [0, 0.05) is 17.0 Å². The Kier molecular flexibility index (Phi) is 5.80. The number of hydrogen-bond donors (Lipinski definition) is 2. The van der Waals surface area contributed by atoms with Crippen LogP contribution in [0.25, 0.3) is 28.1 Å². The molecule has 3 aromatic carbocycles. The Hall–Kier alpha value is -4.43. The smallest absolute Gasteiger partial charge is 0.328 e. The van der Waals surface area contributed by atoms with E-state index in [0.29, 0.717) is 11.5 Å². The summed E-state index contributed by atoms with van der Waals surface area (Å²) < 4.78 is 0. The molecule has 0 aliphatic heterocycles. The van der Waals surface area contributed by atoms with E-state index >= 15 is 0 Å². The molecular weight excluding hydrogens is 422 g/mol. The van der Waals surface area contributed by atoms with Crippen LogP contribution in [-0.2, 0) is 4.79 Å². The van der Waals surface area contributed by atoms with Crippen LogP contribution < -0.4 is 0 Å². The van der Waals surface area contributed by atoms with Crippen LogP contribution in [0.3, 0.4) is 0 Å². The number of nitrogens with one attached hydrogen (secondary N) is 1. The van der Waals surface area contributed by atoms with Crippen LogP contribution in [0.2, 0.25) is 0 Å². The molecule has 5 rings (SSSR count). The average Bonchev–Trinajstić information content (AvgIpc) is 3.31. The van der Waals surface area contributed by atoms with Gasteiger partial charge in [0.2, 0.25) is 0 Å². The van der Waals surface area contributed by atoms with Crippen LogP contribution in [0.5, 0.6) is 0 Å². The molecule has 5 nitrogen and oxygen atoms in total. The number of carbonyl (C=O) groups is 1. The maximum atomic E-state index is 10.9. The number of nitrogens with zero attached hydrogens (tertiary/aromatic N) is 2.